The first-order valence-corrected chi connectivity index (χ1v) is 4.76. The Kier molecular flexibility index (Phi) is 8.19. The second-order valence-electron chi connectivity index (χ2n) is 3.53. The van der Waals surface area contributed by atoms with Crippen LogP contribution in [0, 0.1) is 5.92 Å². The van der Waals surface area contributed by atoms with Gasteiger partial charge in [-0.1, -0.05) is 39.5 Å². The highest BCUT2D eigenvalue weighted by Crippen LogP contribution is 2.09. The zero-order chi connectivity index (χ0) is 9.23. The standard InChI is InChI=1S/C10H19O2/c1-10(2)7-5-3-4-6-8-12-9-11/h10H,3-8H2,1-2H3. The van der Waals surface area contributed by atoms with Gasteiger partial charge in [-0.3, -0.25) is 0 Å². The summed E-state index contributed by atoms with van der Waals surface area (Å²) in [6.45, 7) is 6.44. The molecule has 0 saturated carbocycles. The maximum atomic E-state index is 9.64. The molecule has 0 fully saturated rings. The molecule has 0 aromatic rings. The number of rotatable bonds is 8. The molecule has 0 spiro atoms. The largest absolute Gasteiger partial charge is 0.457 e. The van der Waals surface area contributed by atoms with Gasteiger partial charge in [0.2, 0.25) is 0 Å². The number of hydrogen-bond acceptors (Lipinski definition) is 2. The maximum Gasteiger partial charge on any atom is 0.417 e. The lowest BCUT2D eigenvalue weighted by atomic mass is 10.0. The number of ether oxygens (including phenoxy) is 1. The van der Waals surface area contributed by atoms with Crippen LogP contribution in [-0.2, 0) is 9.53 Å². The Hall–Kier alpha value is -0.530. The van der Waals surface area contributed by atoms with E-state index in [1.807, 2.05) is 0 Å². The summed E-state index contributed by atoms with van der Waals surface area (Å²) in [6.07, 6.45) is 5.99. The molecule has 0 atom stereocenters. The zero-order valence-electron chi connectivity index (χ0n) is 8.14. The zero-order valence-corrected chi connectivity index (χ0v) is 8.14. The summed E-state index contributed by atoms with van der Waals surface area (Å²) in [6, 6.07) is 0. The summed E-state index contributed by atoms with van der Waals surface area (Å²) in [4.78, 5) is 9.64. The van der Waals surface area contributed by atoms with Gasteiger partial charge in [-0.2, -0.15) is 0 Å². The van der Waals surface area contributed by atoms with Crippen molar-refractivity contribution >= 4 is 6.47 Å². The minimum absolute atomic E-state index is 0.533. The Morgan fingerprint density at radius 2 is 1.83 bits per heavy atom. The van der Waals surface area contributed by atoms with E-state index in [-0.39, 0.29) is 0 Å². The van der Waals surface area contributed by atoms with E-state index in [4.69, 9.17) is 0 Å². The van der Waals surface area contributed by atoms with E-state index in [0.29, 0.717) is 6.61 Å². The quantitative estimate of drug-likeness (QED) is 0.525. The summed E-state index contributed by atoms with van der Waals surface area (Å²) < 4.78 is 4.46. The molecule has 12 heavy (non-hydrogen) atoms. The molecule has 0 aliphatic rings. The van der Waals surface area contributed by atoms with Gasteiger partial charge in [0.05, 0.1) is 6.61 Å². The third-order valence-corrected chi connectivity index (χ3v) is 1.84. The Balaban J connectivity index is 2.86. The third kappa shape index (κ3) is 9.47. The smallest absolute Gasteiger partial charge is 0.417 e. The van der Waals surface area contributed by atoms with Crippen molar-refractivity contribution in [3.05, 3.63) is 0 Å². The van der Waals surface area contributed by atoms with E-state index in [9.17, 15) is 4.79 Å². The number of hydrogen-bond donors (Lipinski definition) is 0. The molecule has 0 amide bonds. The van der Waals surface area contributed by atoms with Crippen LogP contribution >= 0.6 is 0 Å². The van der Waals surface area contributed by atoms with Gasteiger partial charge in [0.25, 0.3) is 0 Å². The van der Waals surface area contributed by atoms with Crippen LogP contribution in [0.25, 0.3) is 0 Å². The van der Waals surface area contributed by atoms with Gasteiger partial charge in [0, 0.05) is 0 Å². The van der Waals surface area contributed by atoms with Crippen molar-refractivity contribution in [3.8, 4) is 0 Å². The third-order valence-electron chi connectivity index (χ3n) is 1.84. The molecule has 0 unspecified atom stereocenters. The molecule has 2 heteroatoms. The van der Waals surface area contributed by atoms with Crippen molar-refractivity contribution in [1.29, 1.82) is 0 Å². The molecule has 0 N–H and O–H groups in total. The molecule has 2 nitrogen and oxygen atoms in total. The highest BCUT2D eigenvalue weighted by Gasteiger charge is 1.94. The lowest BCUT2D eigenvalue weighted by Gasteiger charge is -2.03. The molecule has 0 bridgehead atoms. The topological polar surface area (TPSA) is 26.3 Å². The van der Waals surface area contributed by atoms with Crippen LogP contribution in [0.2, 0.25) is 0 Å². The molecule has 0 saturated heterocycles. The second-order valence-corrected chi connectivity index (χ2v) is 3.53. The van der Waals surface area contributed by atoms with Crippen LogP contribution in [0.5, 0.6) is 0 Å². The van der Waals surface area contributed by atoms with Crippen molar-refractivity contribution in [2.24, 2.45) is 5.92 Å². The van der Waals surface area contributed by atoms with Gasteiger partial charge >= 0.3 is 6.47 Å². The van der Waals surface area contributed by atoms with Crippen LogP contribution in [0.4, 0.5) is 0 Å². The first-order chi connectivity index (χ1) is 5.77. The summed E-state index contributed by atoms with van der Waals surface area (Å²) >= 11 is 0. The Labute approximate surface area is 75.3 Å². The van der Waals surface area contributed by atoms with Crippen LogP contribution in [0.3, 0.4) is 0 Å². The fourth-order valence-electron chi connectivity index (χ4n) is 1.12. The second kappa shape index (κ2) is 8.57. The van der Waals surface area contributed by atoms with Crippen LogP contribution in [-0.4, -0.2) is 13.1 Å². The summed E-state index contributed by atoms with van der Waals surface area (Å²) in [7, 11) is 0. The van der Waals surface area contributed by atoms with Gasteiger partial charge in [-0.25, -0.2) is 4.79 Å². The average molecular weight is 171 g/mol. The lowest BCUT2D eigenvalue weighted by molar-refractivity contribution is 0.268. The van der Waals surface area contributed by atoms with Crippen LogP contribution < -0.4 is 0 Å². The van der Waals surface area contributed by atoms with Gasteiger partial charge < -0.3 is 4.74 Å². The molecule has 0 aromatic heterocycles. The van der Waals surface area contributed by atoms with E-state index >= 15 is 0 Å². The molecule has 0 heterocycles. The van der Waals surface area contributed by atoms with E-state index in [0.717, 1.165) is 18.8 Å². The van der Waals surface area contributed by atoms with Gasteiger partial charge in [-0.05, 0) is 12.3 Å². The Bertz CT molecular complexity index is 100. The maximum absolute atomic E-state index is 9.64. The summed E-state index contributed by atoms with van der Waals surface area (Å²) in [5, 5.41) is 0. The highest BCUT2D eigenvalue weighted by atomic mass is 16.5. The molecule has 0 aliphatic heterocycles. The first-order valence-electron chi connectivity index (χ1n) is 4.76. The monoisotopic (exact) mass is 171 g/mol. The first kappa shape index (κ1) is 11.5. The Morgan fingerprint density at radius 3 is 2.42 bits per heavy atom. The van der Waals surface area contributed by atoms with Crippen molar-refractivity contribution in [2.45, 2.75) is 46.0 Å². The van der Waals surface area contributed by atoms with Gasteiger partial charge in [0.1, 0.15) is 0 Å². The Morgan fingerprint density at radius 1 is 1.17 bits per heavy atom. The van der Waals surface area contributed by atoms with Crippen molar-refractivity contribution in [1.82, 2.24) is 0 Å². The predicted molar refractivity (Wildman–Crippen MR) is 49.6 cm³/mol. The highest BCUT2D eigenvalue weighted by molar-refractivity contribution is 5.37. The van der Waals surface area contributed by atoms with Crippen molar-refractivity contribution in [2.75, 3.05) is 6.61 Å². The number of unbranched alkanes of at least 4 members (excludes halogenated alkanes) is 3. The minimum Gasteiger partial charge on any atom is -0.457 e. The average Bonchev–Trinajstić information content (AvgIpc) is 2.02. The lowest BCUT2D eigenvalue weighted by Crippen LogP contribution is -1.92. The molecule has 1 radical (unpaired) electrons. The number of carbonyl (C=O) groups excluding carboxylic acids is 1. The van der Waals surface area contributed by atoms with Crippen LogP contribution in [0.1, 0.15) is 46.0 Å². The van der Waals surface area contributed by atoms with E-state index < -0.39 is 0 Å². The molecule has 0 aromatic carbocycles. The predicted octanol–water partition coefficient (Wildman–Crippen LogP) is 2.68. The van der Waals surface area contributed by atoms with Gasteiger partial charge in [-0.15, -0.1) is 0 Å². The molecule has 0 aliphatic carbocycles. The fourth-order valence-corrected chi connectivity index (χ4v) is 1.12. The van der Waals surface area contributed by atoms with Crippen molar-refractivity contribution in [3.63, 3.8) is 0 Å². The SMILES string of the molecule is CC(C)CCCCCCO[C]=O. The molecular weight excluding hydrogens is 152 g/mol. The summed E-state index contributed by atoms with van der Waals surface area (Å²) in [5.41, 5.74) is 0. The van der Waals surface area contributed by atoms with E-state index in [1.165, 1.54) is 25.7 Å². The normalized spacial score (nSPS) is 10.2. The molecule has 71 valence electrons. The molecular formula is C10H19O2. The van der Waals surface area contributed by atoms with Crippen LogP contribution in [0.15, 0.2) is 0 Å². The van der Waals surface area contributed by atoms with Crippen molar-refractivity contribution < 1.29 is 9.53 Å². The molecule has 0 rings (SSSR count). The van der Waals surface area contributed by atoms with E-state index in [2.05, 4.69) is 18.6 Å². The van der Waals surface area contributed by atoms with E-state index in [1.54, 1.807) is 0 Å². The fraction of sp³-hybridized carbons (Fsp3) is 0.900. The van der Waals surface area contributed by atoms with Gasteiger partial charge in [0.15, 0.2) is 0 Å². The summed E-state index contributed by atoms with van der Waals surface area (Å²) in [5.74, 6) is 0.810. The minimum atomic E-state index is 0.533.